The fourth-order valence-electron chi connectivity index (χ4n) is 2.83. The van der Waals surface area contributed by atoms with Gasteiger partial charge in [0.05, 0.1) is 0 Å². The van der Waals surface area contributed by atoms with Gasteiger partial charge in [0.1, 0.15) is 36.6 Å². The van der Waals surface area contributed by atoms with E-state index < -0.39 is 115 Å². The summed E-state index contributed by atoms with van der Waals surface area (Å²) in [7, 11) is 0. The number of rotatable bonds is 5. The number of carboxylic acids is 2. The fourth-order valence-corrected chi connectivity index (χ4v) is 2.83. The van der Waals surface area contributed by atoms with Gasteiger partial charge in [0.25, 0.3) is 0 Å². The first kappa shape index (κ1) is 40.9. The van der Waals surface area contributed by atoms with Crippen LogP contribution < -0.4 is 0 Å². The molecular formula is C19H26FeO24. The molecule has 2 fully saturated rings. The molecule has 0 aromatic rings. The monoisotopic (exact) mass is 694 g/mol. The standard InChI is InChI=1S/C13H16O16.C6H10O8.Fe/c14-1-2(15)6(19)10(23)27-13(26-9(22)5(1)18)28-11(24)7(20)3(16)4(17)8(21)12(25)29-13;7-1(3(9)5(11)12)2(8)4(10)6(13)14;/h1-8,14-21H;1-4,7-10H,(H,11,12)(H,13,14);/t1-,2+,3-,4+,5-,6-,7+,8+,13?;1-,2+,3+,4-;. The maximum atomic E-state index is 11.9. The summed E-state index contributed by atoms with van der Waals surface area (Å²) < 4.78 is 17.1. The summed E-state index contributed by atoms with van der Waals surface area (Å²) >= 11 is 0. The second-order valence-corrected chi connectivity index (χ2v) is 8.47. The van der Waals surface area contributed by atoms with Crippen molar-refractivity contribution in [2.75, 3.05) is 0 Å². The topological polar surface area (TPSA) is 423 Å². The number of aliphatic carboxylic acids is 2. The molecule has 0 bridgehead atoms. The van der Waals surface area contributed by atoms with Crippen molar-refractivity contribution in [3.8, 4) is 0 Å². The van der Waals surface area contributed by atoms with Crippen molar-refractivity contribution >= 4 is 35.8 Å². The van der Waals surface area contributed by atoms with Crippen LogP contribution in [0.15, 0.2) is 0 Å². The van der Waals surface area contributed by atoms with E-state index in [1.165, 1.54) is 0 Å². The van der Waals surface area contributed by atoms with Gasteiger partial charge >= 0.3 is 42.0 Å². The summed E-state index contributed by atoms with van der Waals surface area (Å²) in [6, 6.07) is 0. The van der Waals surface area contributed by atoms with Crippen molar-refractivity contribution in [3.05, 3.63) is 0 Å². The van der Waals surface area contributed by atoms with E-state index in [1.54, 1.807) is 0 Å². The van der Waals surface area contributed by atoms with Crippen LogP contribution >= 0.6 is 0 Å². The molecule has 0 amide bonds. The summed E-state index contributed by atoms with van der Waals surface area (Å²) in [4.78, 5) is 67.9. The minimum absolute atomic E-state index is 0. The zero-order valence-corrected chi connectivity index (χ0v) is 22.2. The number of aliphatic hydroxyl groups excluding tert-OH is 12. The van der Waals surface area contributed by atoms with E-state index >= 15 is 0 Å². The molecule has 1 spiro atoms. The van der Waals surface area contributed by atoms with E-state index in [0.29, 0.717) is 0 Å². The van der Waals surface area contributed by atoms with Gasteiger partial charge in [0.15, 0.2) is 36.6 Å². The first-order chi connectivity index (χ1) is 19.6. The van der Waals surface area contributed by atoms with E-state index in [0.717, 1.165) is 0 Å². The number of carbonyl (C=O) groups excluding carboxylic acids is 4. The number of hydrogen-bond donors (Lipinski definition) is 14. The van der Waals surface area contributed by atoms with Gasteiger partial charge < -0.3 is 90.4 Å². The number of hydrogen-bond acceptors (Lipinski definition) is 22. The van der Waals surface area contributed by atoms with Crippen LogP contribution in [-0.4, -0.2) is 187 Å². The predicted octanol–water partition coefficient (Wildman–Crippen LogP) is -10.7. The average molecular weight is 694 g/mol. The maximum Gasteiger partial charge on any atom is 0.620 e. The molecule has 24 nitrogen and oxygen atoms in total. The third kappa shape index (κ3) is 9.43. The van der Waals surface area contributed by atoms with Crippen molar-refractivity contribution < 1.29 is 136 Å². The van der Waals surface area contributed by atoms with Crippen LogP contribution in [0, 0.1) is 0 Å². The Morgan fingerprint density at radius 2 is 0.682 bits per heavy atom. The first-order valence-electron chi connectivity index (χ1n) is 11.1. The Kier molecular flexibility index (Phi) is 15.1. The van der Waals surface area contributed by atoms with Crippen LogP contribution in [0.25, 0.3) is 0 Å². The quantitative estimate of drug-likeness (QED) is 0.0938. The molecule has 254 valence electrons. The van der Waals surface area contributed by atoms with Gasteiger partial charge in [0, 0.05) is 17.1 Å². The molecule has 1 unspecified atom stereocenters. The molecule has 13 atom stereocenters. The molecule has 44 heavy (non-hydrogen) atoms. The summed E-state index contributed by atoms with van der Waals surface area (Å²) in [5.41, 5.74) is 0. The maximum absolute atomic E-state index is 11.9. The molecule has 2 saturated heterocycles. The Bertz CT molecular complexity index is 925. The summed E-state index contributed by atoms with van der Waals surface area (Å²) in [5.74, 6) is -11.8. The zero-order valence-electron chi connectivity index (χ0n) is 21.1. The Morgan fingerprint density at radius 3 is 0.841 bits per heavy atom. The normalized spacial score (nSPS) is 35.6. The molecule has 14 N–H and O–H groups in total. The SMILES string of the molecule is O=C(O)[C@@H](O)[C@H](O)[C@H](O)[C@@H](O)C(=O)O.O=C1OC2(OC(=O)[C@@H](O)[C@@H](O)[C@@H](O)[C@@H]1O)OC(=O)[C@H](O)[C@H](O)[C@H](O)[C@@H](O)C(=O)O2.[Fe]. The molecule has 2 aliphatic rings. The van der Waals surface area contributed by atoms with Gasteiger partial charge in [-0.2, -0.15) is 0 Å². The molecule has 2 rings (SSSR count). The van der Waals surface area contributed by atoms with Crippen molar-refractivity contribution in [2.45, 2.75) is 79.4 Å². The summed E-state index contributed by atoms with van der Waals surface area (Å²) in [6.45, 7) is 0. The van der Waals surface area contributed by atoms with Crippen LogP contribution in [-0.2, 0) is 64.8 Å². The van der Waals surface area contributed by atoms with Crippen LogP contribution in [0.4, 0.5) is 0 Å². The molecule has 0 aliphatic carbocycles. The van der Waals surface area contributed by atoms with Crippen LogP contribution in [0.1, 0.15) is 0 Å². The number of carboxylic acid groups (broad SMARTS) is 2. The zero-order chi connectivity index (χ0) is 33.7. The van der Waals surface area contributed by atoms with Crippen LogP contribution in [0.3, 0.4) is 0 Å². The van der Waals surface area contributed by atoms with Gasteiger partial charge in [-0.15, -0.1) is 0 Å². The van der Waals surface area contributed by atoms with E-state index in [-0.39, 0.29) is 17.1 Å². The Labute approximate surface area is 251 Å². The van der Waals surface area contributed by atoms with E-state index in [2.05, 4.69) is 18.9 Å². The van der Waals surface area contributed by atoms with E-state index in [1.807, 2.05) is 0 Å². The molecule has 0 saturated carbocycles. The Balaban J connectivity index is 0.00000105. The molecular weight excluding hydrogens is 668 g/mol. The van der Waals surface area contributed by atoms with E-state index in [4.69, 9.17) is 30.6 Å². The molecule has 0 radical (unpaired) electrons. The fraction of sp³-hybridized carbons (Fsp3) is 0.684. The van der Waals surface area contributed by atoms with Gasteiger partial charge in [-0.1, -0.05) is 0 Å². The molecule has 2 heterocycles. The van der Waals surface area contributed by atoms with E-state index in [9.17, 15) is 69.6 Å². The van der Waals surface area contributed by atoms with Crippen LogP contribution in [0.5, 0.6) is 0 Å². The van der Waals surface area contributed by atoms with Crippen LogP contribution in [0.2, 0.25) is 0 Å². The second kappa shape index (κ2) is 16.3. The van der Waals surface area contributed by atoms with Crippen molar-refractivity contribution in [2.24, 2.45) is 0 Å². The molecule has 0 aromatic carbocycles. The van der Waals surface area contributed by atoms with Crippen molar-refractivity contribution in [1.29, 1.82) is 0 Å². The van der Waals surface area contributed by atoms with Gasteiger partial charge in [-0.05, 0) is 0 Å². The second-order valence-electron chi connectivity index (χ2n) is 8.47. The van der Waals surface area contributed by atoms with Crippen molar-refractivity contribution in [1.82, 2.24) is 0 Å². The van der Waals surface area contributed by atoms with Gasteiger partial charge in [-0.3, -0.25) is 0 Å². The number of esters is 4. The minimum Gasteiger partial charge on any atom is -0.479 e. The summed E-state index contributed by atoms with van der Waals surface area (Å²) in [6.07, 6.45) is -34.3. The Morgan fingerprint density at radius 1 is 0.500 bits per heavy atom. The van der Waals surface area contributed by atoms with Gasteiger partial charge in [-0.25, -0.2) is 28.8 Å². The average Bonchev–Trinajstić information content (AvgIpc) is 2.98. The third-order valence-corrected chi connectivity index (χ3v) is 5.37. The number of ether oxygens (including phenoxy) is 4. The van der Waals surface area contributed by atoms with Crippen molar-refractivity contribution in [3.63, 3.8) is 0 Å². The molecule has 2 aliphatic heterocycles. The number of carbonyl (C=O) groups is 6. The number of aliphatic hydroxyl groups is 12. The Hall–Kier alpha value is -3.14. The first-order valence-corrected chi connectivity index (χ1v) is 11.1. The summed E-state index contributed by atoms with van der Waals surface area (Å²) in [5, 5.41) is 128. The van der Waals surface area contributed by atoms with Gasteiger partial charge in [0.2, 0.25) is 0 Å². The molecule has 0 aromatic heterocycles. The third-order valence-electron chi connectivity index (χ3n) is 5.37. The largest absolute Gasteiger partial charge is 0.620 e. The minimum atomic E-state index is -3.94. The molecule has 25 heteroatoms. The smallest absolute Gasteiger partial charge is 0.479 e. The predicted molar refractivity (Wildman–Crippen MR) is 114 cm³/mol.